The summed E-state index contributed by atoms with van der Waals surface area (Å²) in [5, 5.41) is 19.6. The van der Waals surface area contributed by atoms with Gasteiger partial charge in [0.15, 0.2) is 0 Å². The number of carbonyl (C=O) groups excluding carboxylic acids is 3. The van der Waals surface area contributed by atoms with E-state index >= 15 is 0 Å². The van der Waals surface area contributed by atoms with E-state index < -0.39 is 23.6 Å². The van der Waals surface area contributed by atoms with E-state index in [0.29, 0.717) is 18.9 Å². The van der Waals surface area contributed by atoms with Crippen molar-refractivity contribution >= 4 is 17.8 Å². The Labute approximate surface area is 223 Å². The zero-order valence-corrected chi connectivity index (χ0v) is 23.6. The normalized spacial score (nSPS) is 12.6. The molecule has 0 bridgehead atoms. The molecule has 9 nitrogen and oxygen atoms in total. The van der Waals surface area contributed by atoms with Gasteiger partial charge in [-0.25, -0.2) is 4.79 Å². The van der Waals surface area contributed by atoms with Crippen molar-refractivity contribution in [3.63, 3.8) is 0 Å². The summed E-state index contributed by atoms with van der Waals surface area (Å²) < 4.78 is 0. The van der Waals surface area contributed by atoms with Gasteiger partial charge in [0.05, 0.1) is 31.8 Å². The number of amides is 4. The van der Waals surface area contributed by atoms with Gasteiger partial charge in [0.1, 0.15) is 0 Å². The van der Waals surface area contributed by atoms with Gasteiger partial charge in [0.25, 0.3) is 0 Å². The molecule has 0 aliphatic carbocycles. The van der Waals surface area contributed by atoms with E-state index in [9.17, 15) is 19.5 Å². The third-order valence-electron chi connectivity index (χ3n) is 5.17. The lowest BCUT2D eigenvalue weighted by Crippen LogP contribution is -2.55. The van der Waals surface area contributed by atoms with Crippen LogP contribution in [-0.2, 0) is 16.0 Å². The highest BCUT2D eigenvalue weighted by molar-refractivity contribution is 5.85. The summed E-state index contributed by atoms with van der Waals surface area (Å²) in [5.41, 5.74) is 0.530. The zero-order valence-electron chi connectivity index (χ0n) is 23.6. The number of terminal acetylenes is 1. The molecule has 2 atom stereocenters. The van der Waals surface area contributed by atoms with Gasteiger partial charge in [-0.2, -0.15) is 0 Å². The van der Waals surface area contributed by atoms with Gasteiger partial charge in [0, 0.05) is 12.1 Å². The van der Waals surface area contributed by atoms with Crippen LogP contribution >= 0.6 is 0 Å². The highest BCUT2D eigenvalue weighted by Crippen LogP contribution is 2.11. The minimum atomic E-state index is -1.01. The van der Waals surface area contributed by atoms with Crippen LogP contribution in [0.4, 0.5) is 4.79 Å². The van der Waals surface area contributed by atoms with Crippen LogP contribution in [0.5, 0.6) is 0 Å². The van der Waals surface area contributed by atoms with Crippen molar-refractivity contribution in [2.75, 3.05) is 40.3 Å². The molecular weight excluding hydrogens is 470 g/mol. The van der Waals surface area contributed by atoms with Crippen LogP contribution in [0.1, 0.15) is 46.6 Å². The second-order valence-corrected chi connectivity index (χ2v) is 10.8. The molecule has 0 fully saturated rings. The predicted octanol–water partition coefficient (Wildman–Crippen LogP) is 1.86. The molecule has 0 radical (unpaired) electrons. The van der Waals surface area contributed by atoms with E-state index in [2.05, 4.69) is 42.6 Å². The number of nitrogens with zero attached hydrogens (tertiary/aromatic N) is 2. The molecule has 0 saturated heterocycles. The van der Waals surface area contributed by atoms with E-state index in [1.165, 1.54) is 0 Å². The minimum Gasteiger partial charge on any atom is -0.389 e. The van der Waals surface area contributed by atoms with E-state index in [4.69, 9.17) is 0 Å². The van der Waals surface area contributed by atoms with E-state index in [0.717, 1.165) is 12.0 Å². The summed E-state index contributed by atoms with van der Waals surface area (Å²) in [6.07, 6.45) is 8.17. The Morgan fingerprint density at radius 3 is 2.14 bits per heavy atom. The van der Waals surface area contributed by atoms with E-state index in [-0.39, 0.29) is 31.6 Å². The van der Waals surface area contributed by atoms with Gasteiger partial charge in [-0.15, -0.1) is 12.8 Å². The number of nitrogens with one attached hydrogen (secondary N) is 3. The van der Waals surface area contributed by atoms with E-state index in [1.54, 1.807) is 23.9 Å². The van der Waals surface area contributed by atoms with Gasteiger partial charge in [-0.05, 0) is 59.2 Å². The molecule has 4 N–H and O–H groups in total. The Balaban J connectivity index is 0.00000631. The van der Waals surface area contributed by atoms with Gasteiger partial charge in [0.2, 0.25) is 11.8 Å². The summed E-state index contributed by atoms with van der Waals surface area (Å²) in [5.74, 6) is -0.267. The van der Waals surface area contributed by atoms with Crippen molar-refractivity contribution in [1.29, 1.82) is 0 Å². The van der Waals surface area contributed by atoms with Gasteiger partial charge in [-0.1, -0.05) is 44.2 Å². The molecule has 208 valence electrons. The molecule has 0 aliphatic rings. The maximum Gasteiger partial charge on any atom is 0.317 e. The highest BCUT2D eigenvalue weighted by atomic mass is 16.3. The molecule has 4 amide bonds. The monoisotopic (exact) mass is 517 g/mol. The number of urea groups is 1. The third-order valence-corrected chi connectivity index (χ3v) is 5.17. The molecule has 9 heteroatoms. The number of hydrogen-bond donors (Lipinski definition) is 4. The SMILES string of the molecule is C#C.CC(C)CCN(C[C@@H](O)[C@H](Cc1ccccc1)NC(=O)CNC(=O)CN(C)C)C(=O)NC(C)(C)C. The van der Waals surface area contributed by atoms with Crippen molar-refractivity contribution in [3.8, 4) is 12.8 Å². The van der Waals surface area contributed by atoms with Crippen LogP contribution in [0.25, 0.3) is 0 Å². The van der Waals surface area contributed by atoms with Crippen LogP contribution in [0.3, 0.4) is 0 Å². The highest BCUT2D eigenvalue weighted by Gasteiger charge is 2.27. The number of aliphatic hydroxyl groups is 1. The number of carbonyl (C=O) groups is 3. The van der Waals surface area contributed by atoms with Crippen molar-refractivity contribution in [2.24, 2.45) is 5.92 Å². The molecule has 0 unspecified atom stereocenters. The van der Waals surface area contributed by atoms with Crippen LogP contribution in [0, 0.1) is 18.8 Å². The quantitative estimate of drug-likeness (QED) is 0.298. The number of rotatable bonds is 13. The smallest absolute Gasteiger partial charge is 0.317 e. The molecule has 0 aromatic heterocycles. The summed E-state index contributed by atoms with van der Waals surface area (Å²) in [6.45, 7) is 10.4. The van der Waals surface area contributed by atoms with Gasteiger partial charge < -0.3 is 30.9 Å². The second-order valence-electron chi connectivity index (χ2n) is 10.8. The summed E-state index contributed by atoms with van der Waals surface area (Å²) >= 11 is 0. The summed E-state index contributed by atoms with van der Waals surface area (Å²) in [7, 11) is 3.54. The Morgan fingerprint density at radius 2 is 1.62 bits per heavy atom. The van der Waals surface area contributed by atoms with E-state index in [1.807, 2.05) is 51.1 Å². The third kappa shape index (κ3) is 16.3. The number of hydrogen-bond acceptors (Lipinski definition) is 5. The predicted molar refractivity (Wildman–Crippen MR) is 149 cm³/mol. The van der Waals surface area contributed by atoms with Gasteiger partial charge in [-0.3, -0.25) is 9.59 Å². The first-order valence-corrected chi connectivity index (χ1v) is 12.6. The average Bonchev–Trinajstić information content (AvgIpc) is 2.80. The molecule has 0 heterocycles. The molecule has 0 aliphatic heterocycles. The maximum atomic E-state index is 12.9. The first-order valence-electron chi connectivity index (χ1n) is 12.6. The molecule has 1 aromatic carbocycles. The largest absolute Gasteiger partial charge is 0.389 e. The summed E-state index contributed by atoms with van der Waals surface area (Å²) in [6, 6.07) is 8.65. The minimum absolute atomic E-state index is 0.0689. The number of aliphatic hydroxyl groups excluding tert-OH is 1. The topological polar surface area (TPSA) is 114 Å². The number of benzene rings is 1. The first-order chi connectivity index (χ1) is 17.3. The van der Waals surface area contributed by atoms with Crippen molar-refractivity contribution in [3.05, 3.63) is 35.9 Å². The Kier molecular flexibility index (Phi) is 15.9. The number of likely N-dealkylation sites (N-methyl/N-ethyl adjacent to an activating group) is 1. The Bertz CT molecular complexity index is 834. The fraction of sp³-hybridized carbons (Fsp3) is 0.607. The maximum absolute atomic E-state index is 12.9. The van der Waals surface area contributed by atoms with Crippen molar-refractivity contribution in [2.45, 2.75) is 65.1 Å². The fourth-order valence-corrected chi connectivity index (χ4v) is 3.37. The average molecular weight is 518 g/mol. The first kappa shape index (κ1) is 33.9. The molecule has 1 rings (SSSR count). The molecule has 0 spiro atoms. The second kappa shape index (κ2) is 17.4. The molecule has 0 saturated carbocycles. The zero-order chi connectivity index (χ0) is 28.6. The molecule has 37 heavy (non-hydrogen) atoms. The van der Waals surface area contributed by atoms with Crippen LogP contribution < -0.4 is 16.0 Å². The van der Waals surface area contributed by atoms with Crippen LogP contribution in [0.2, 0.25) is 0 Å². The molecule has 1 aromatic rings. The lowest BCUT2D eigenvalue weighted by atomic mass is 10.00. The lowest BCUT2D eigenvalue weighted by Gasteiger charge is -2.33. The van der Waals surface area contributed by atoms with Crippen molar-refractivity contribution < 1.29 is 19.5 Å². The van der Waals surface area contributed by atoms with Crippen LogP contribution in [-0.4, -0.2) is 90.7 Å². The summed E-state index contributed by atoms with van der Waals surface area (Å²) in [4.78, 5) is 40.8. The fourth-order valence-electron chi connectivity index (χ4n) is 3.37. The Morgan fingerprint density at radius 1 is 1.03 bits per heavy atom. The Hall–Kier alpha value is -3.09. The van der Waals surface area contributed by atoms with Crippen LogP contribution in [0.15, 0.2) is 30.3 Å². The van der Waals surface area contributed by atoms with Crippen molar-refractivity contribution in [1.82, 2.24) is 25.8 Å². The standard InChI is InChI=1S/C26H45N5O4.C2H2/c1-19(2)13-14-31(25(35)29-26(3,4)5)17-22(32)21(15-20-11-9-8-10-12-20)28-23(33)16-27-24(34)18-30(6)7;1-2/h8-12,19,21-22,32H,13-18H2,1-7H3,(H,27,34)(H,28,33)(H,29,35);1-2H/t21-,22+;/m0./s1. The van der Waals surface area contributed by atoms with Gasteiger partial charge >= 0.3 is 6.03 Å². The molecular formula is C28H47N5O4. The lowest BCUT2D eigenvalue weighted by molar-refractivity contribution is -0.127.